The summed E-state index contributed by atoms with van der Waals surface area (Å²) >= 11 is 0. The molecule has 0 spiro atoms. The van der Waals surface area contributed by atoms with E-state index in [2.05, 4.69) is 6.92 Å². The molecule has 0 radical (unpaired) electrons. The second-order valence-corrected chi connectivity index (χ2v) is 5.76. The Bertz CT molecular complexity index is 679. The molecule has 4 nitrogen and oxygen atoms in total. The zero-order valence-electron chi connectivity index (χ0n) is 14.6. The molecule has 0 aromatic heterocycles. The van der Waals surface area contributed by atoms with Crippen molar-refractivity contribution in [2.45, 2.75) is 32.6 Å². The van der Waals surface area contributed by atoms with Gasteiger partial charge in [0.2, 0.25) is 0 Å². The molecule has 0 heterocycles. The molecule has 0 saturated heterocycles. The predicted octanol–water partition coefficient (Wildman–Crippen LogP) is 4.43. The summed E-state index contributed by atoms with van der Waals surface area (Å²) in [7, 11) is 0. The lowest BCUT2D eigenvalue weighted by Gasteiger charge is -2.10. The molecule has 0 amide bonds. The molecule has 0 bridgehead atoms. The Morgan fingerprint density at radius 2 is 1.32 bits per heavy atom. The van der Waals surface area contributed by atoms with Gasteiger partial charge in [0.25, 0.3) is 0 Å². The molecule has 0 aliphatic heterocycles. The summed E-state index contributed by atoms with van der Waals surface area (Å²) in [6.45, 7) is 2.72. The highest BCUT2D eigenvalue weighted by molar-refractivity contribution is 6.03. The molecule has 132 valence electrons. The summed E-state index contributed by atoms with van der Waals surface area (Å²) in [5.74, 6) is -0.983. The lowest BCUT2D eigenvalue weighted by Crippen LogP contribution is -2.15. The zero-order valence-corrected chi connectivity index (χ0v) is 14.6. The summed E-state index contributed by atoms with van der Waals surface area (Å²) in [5, 5.41) is 0. The van der Waals surface area contributed by atoms with E-state index < -0.39 is 11.9 Å². The van der Waals surface area contributed by atoms with Crippen LogP contribution in [0.3, 0.4) is 0 Å². The first-order valence-corrected chi connectivity index (χ1v) is 8.69. The molecule has 0 unspecified atom stereocenters. The van der Waals surface area contributed by atoms with Crippen LogP contribution in [0.2, 0.25) is 0 Å². The smallest absolute Gasteiger partial charge is 0.339 e. The number of hydrogen-bond acceptors (Lipinski definition) is 4. The third-order valence-corrected chi connectivity index (χ3v) is 3.81. The Hall–Kier alpha value is -2.62. The van der Waals surface area contributed by atoms with Crippen molar-refractivity contribution in [2.24, 2.45) is 0 Å². The third kappa shape index (κ3) is 6.07. The minimum absolute atomic E-state index is 0.246. The van der Waals surface area contributed by atoms with E-state index in [4.69, 9.17) is 9.47 Å². The van der Waals surface area contributed by atoms with Gasteiger partial charge in [0.15, 0.2) is 0 Å². The summed E-state index contributed by atoms with van der Waals surface area (Å²) in [5.41, 5.74) is 1.60. The van der Waals surface area contributed by atoms with E-state index in [1.807, 2.05) is 30.3 Å². The van der Waals surface area contributed by atoms with Gasteiger partial charge in [-0.3, -0.25) is 0 Å². The molecule has 2 aromatic carbocycles. The van der Waals surface area contributed by atoms with Crippen molar-refractivity contribution in [3.63, 3.8) is 0 Å². The number of ether oxygens (including phenoxy) is 2. The molecule has 0 saturated carbocycles. The maximum absolute atomic E-state index is 12.3. The van der Waals surface area contributed by atoms with Crippen LogP contribution in [0.5, 0.6) is 0 Å². The summed E-state index contributed by atoms with van der Waals surface area (Å²) < 4.78 is 10.6. The highest BCUT2D eigenvalue weighted by atomic mass is 16.5. The van der Waals surface area contributed by atoms with Crippen molar-refractivity contribution in [1.82, 2.24) is 0 Å². The van der Waals surface area contributed by atoms with Crippen LogP contribution < -0.4 is 0 Å². The van der Waals surface area contributed by atoms with E-state index in [0.717, 1.165) is 24.8 Å². The average Bonchev–Trinajstić information content (AvgIpc) is 2.66. The summed E-state index contributed by atoms with van der Waals surface area (Å²) in [4.78, 5) is 24.5. The number of rotatable bonds is 9. The predicted molar refractivity (Wildman–Crippen MR) is 96.7 cm³/mol. The molecule has 2 aromatic rings. The highest BCUT2D eigenvalue weighted by Crippen LogP contribution is 2.13. The van der Waals surface area contributed by atoms with Crippen LogP contribution in [-0.4, -0.2) is 25.2 Å². The molecule has 0 atom stereocenters. The fourth-order valence-electron chi connectivity index (χ4n) is 2.42. The van der Waals surface area contributed by atoms with Crippen molar-refractivity contribution in [1.29, 1.82) is 0 Å². The van der Waals surface area contributed by atoms with Crippen LogP contribution in [-0.2, 0) is 15.9 Å². The fraction of sp³-hybridized carbons (Fsp3) is 0.333. The molecule has 0 fully saturated rings. The topological polar surface area (TPSA) is 52.6 Å². The van der Waals surface area contributed by atoms with Crippen LogP contribution in [0.1, 0.15) is 52.5 Å². The Balaban J connectivity index is 1.91. The van der Waals surface area contributed by atoms with Gasteiger partial charge >= 0.3 is 11.9 Å². The van der Waals surface area contributed by atoms with Crippen LogP contribution in [0, 0.1) is 0 Å². The largest absolute Gasteiger partial charge is 0.462 e. The third-order valence-electron chi connectivity index (χ3n) is 3.81. The lowest BCUT2D eigenvalue weighted by atomic mass is 10.1. The van der Waals surface area contributed by atoms with E-state index in [9.17, 15) is 9.59 Å². The number of esters is 2. The number of hydrogen-bond donors (Lipinski definition) is 0. The number of unbranched alkanes of at least 4 members (excludes halogenated alkanes) is 2. The first kappa shape index (κ1) is 18.7. The normalized spacial score (nSPS) is 10.3. The van der Waals surface area contributed by atoms with Crippen LogP contribution in [0.15, 0.2) is 54.6 Å². The van der Waals surface area contributed by atoms with Crippen LogP contribution in [0.25, 0.3) is 0 Å². The fourth-order valence-corrected chi connectivity index (χ4v) is 2.42. The minimum Gasteiger partial charge on any atom is -0.462 e. The van der Waals surface area contributed by atoms with Crippen molar-refractivity contribution in [2.75, 3.05) is 13.2 Å². The van der Waals surface area contributed by atoms with Crippen molar-refractivity contribution < 1.29 is 19.1 Å². The minimum atomic E-state index is -0.503. The van der Waals surface area contributed by atoms with Gasteiger partial charge in [-0.05, 0) is 24.1 Å². The molecular formula is C21H24O4. The Kier molecular flexibility index (Phi) is 7.70. The highest BCUT2D eigenvalue weighted by Gasteiger charge is 2.18. The standard InChI is InChI=1S/C21H24O4/c1-2-3-9-15-24-20(22)18-12-7-8-13-19(18)21(23)25-16-14-17-10-5-4-6-11-17/h4-8,10-13H,2-3,9,14-16H2,1H3. The van der Waals surface area contributed by atoms with Crippen molar-refractivity contribution in [3.8, 4) is 0 Å². The number of carbonyl (C=O) groups excluding carboxylic acids is 2. The van der Waals surface area contributed by atoms with Gasteiger partial charge < -0.3 is 9.47 Å². The quantitative estimate of drug-likeness (QED) is 0.500. The molecule has 4 heteroatoms. The second kappa shape index (κ2) is 10.3. The van der Waals surface area contributed by atoms with Gasteiger partial charge in [0.05, 0.1) is 24.3 Å². The Morgan fingerprint density at radius 3 is 1.92 bits per heavy atom. The van der Waals surface area contributed by atoms with Gasteiger partial charge in [-0.1, -0.05) is 62.2 Å². The molecule has 0 aliphatic carbocycles. The Labute approximate surface area is 148 Å². The van der Waals surface area contributed by atoms with Gasteiger partial charge in [0, 0.05) is 6.42 Å². The molecule has 0 N–H and O–H groups in total. The molecule has 25 heavy (non-hydrogen) atoms. The van der Waals surface area contributed by atoms with E-state index in [-0.39, 0.29) is 17.7 Å². The van der Waals surface area contributed by atoms with Gasteiger partial charge in [-0.25, -0.2) is 9.59 Å². The molecule has 2 rings (SSSR count). The second-order valence-electron chi connectivity index (χ2n) is 5.76. The van der Waals surface area contributed by atoms with E-state index >= 15 is 0 Å². The maximum atomic E-state index is 12.3. The first-order valence-electron chi connectivity index (χ1n) is 8.69. The van der Waals surface area contributed by atoms with E-state index in [0.29, 0.717) is 13.0 Å². The Morgan fingerprint density at radius 1 is 0.760 bits per heavy atom. The van der Waals surface area contributed by atoms with Crippen LogP contribution in [0.4, 0.5) is 0 Å². The number of carbonyl (C=O) groups is 2. The monoisotopic (exact) mass is 340 g/mol. The number of benzene rings is 2. The maximum Gasteiger partial charge on any atom is 0.339 e. The van der Waals surface area contributed by atoms with Crippen LogP contribution >= 0.6 is 0 Å². The zero-order chi connectivity index (χ0) is 17.9. The van der Waals surface area contributed by atoms with E-state index in [1.54, 1.807) is 24.3 Å². The van der Waals surface area contributed by atoms with Gasteiger partial charge in [0.1, 0.15) is 0 Å². The summed E-state index contributed by atoms with van der Waals surface area (Å²) in [6, 6.07) is 16.4. The van der Waals surface area contributed by atoms with Crippen molar-refractivity contribution in [3.05, 3.63) is 71.3 Å². The molecular weight excluding hydrogens is 316 g/mol. The van der Waals surface area contributed by atoms with Gasteiger partial charge in [-0.2, -0.15) is 0 Å². The lowest BCUT2D eigenvalue weighted by molar-refractivity contribution is 0.0456. The average molecular weight is 340 g/mol. The SMILES string of the molecule is CCCCCOC(=O)c1ccccc1C(=O)OCCc1ccccc1. The molecule has 0 aliphatic rings. The first-order chi connectivity index (χ1) is 12.2. The summed E-state index contributed by atoms with van der Waals surface area (Å²) in [6.07, 6.45) is 3.53. The van der Waals surface area contributed by atoms with Crippen molar-refractivity contribution >= 4 is 11.9 Å². The van der Waals surface area contributed by atoms with E-state index in [1.165, 1.54) is 0 Å². The van der Waals surface area contributed by atoms with Gasteiger partial charge in [-0.15, -0.1) is 0 Å².